The van der Waals surface area contributed by atoms with Crippen molar-refractivity contribution in [2.75, 3.05) is 5.75 Å². The van der Waals surface area contributed by atoms with Gasteiger partial charge in [-0.25, -0.2) is 0 Å². The van der Waals surface area contributed by atoms with Gasteiger partial charge in [0.2, 0.25) is 11.8 Å². The Morgan fingerprint density at radius 3 is 2.22 bits per heavy atom. The van der Waals surface area contributed by atoms with Crippen molar-refractivity contribution in [3.63, 3.8) is 0 Å². The van der Waals surface area contributed by atoms with E-state index in [9.17, 15) is 9.59 Å². The Kier molecular flexibility index (Phi) is 9.88. The molecule has 2 amide bonds. The van der Waals surface area contributed by atoms with Crippen molar-refractivity contribution in [1.29, 1.82) is 0 Å². The summed E-state index contributed by atoms with van der Waals surface area (Å²) in [4.78, 5) is 30.3. The highest BCUT2D eigenvalue weighted by atomic mass is 35.5. The van der Waals surface area contributed by atoms with E-state index in [2.05, 4.69) is 5.32 Å². The molecule has 0 saturated heterocycles. The van der Waals surface area contributed by atoms with Gasteiger partial charge in [-0.1, -0.05) is 97.6 Å². The maximum atomic E-state index is 13.8. The first kappa shape index (κ1) is 26.3. The van der Waals surface area contributed by atoms with E-state index in [4.69, 9.17) is 11.6 Å². The molecule has 4 nitrogen and oxygen atoms in total. The van der Waals surface area contributed by atoms with Gasteiger partial charge in [-0.3, -0.25) is 9.59 Å². The Labute approximate surface area is 223 Å². The average molecular weight is 521 g/mol. The highest BCUT2D eigenvalue weighted by Crippen LogP contribution is 2.24. The zero-order valence-corrected chi connectivity index (χ0v) is 22.0. The van der Waals surface area contributed by atoms with E-state index in [0.29, 0.717) is 11.4 Å². The molecular formula is C30H33ClN2O2S. The van der Waals surface area contributed by atoms with Gasteiger partial charge in [0, 0.05) is 28.9 Å². The summed E-state index contributed by atoms with van der Waals surface area (Å²) in [5.41, 5.74) is 1.86. The van der Waals surface area contributed by atoms with Crippen LogP contribution in [0.3, 0.4) is 0 Å². The van der Waals surface area contributed by atoms with Crippen LogP contribution in [0.5, 0.6) is 0 Å². The summed E-state index contributed by atoms with van der Waals surface area (Å²) in [6.45, 7) is 0.281. The molecule has 6 heteroatoms. The molecule has 1 fully saturated rings. The third-order valence-corrected chi connectivity index (χ3v) is 7.99. The largest absolute Gasteiger partial charge is 0.352 e. The molecule has 0 bridgehead atoms. The van der Waals surface area contributed by atoms with Crippen molar-refractivity contribution in [3.8, 4) is 0 Å². The van der Waals surface area contributed by atoms with Crippen LogP contribution in [0.4, 0.5) is 0 Å². The number of nitrogens with one attached hydrogen (secondary N) is 1. The Hall–Kier alpha value is -2.76. The molecule has 0 radical (unpaired) electrons. The summed E-state index contributed by atoms with van der Waals surface area (Å²) in [6, 6.07) is 26.9. The van der Waals surface area contributed by atoms with Crippen molar-refractivity contribution in [2.45, 2.75) is 62.0 Å². The molecule has 0 heterocycles. The predicted molar refractivity (Wildman–Crippen MR) is 148 cm³/mol. The molecule has 1 aliphatic carbocycles. The normalized spacial score (nSPS) is 14.7. The van der Waals surface area contributed by atoms with Crippen molar-refractivity contribution in [1.82, 2.24) is 10.2 Å². The standard InChI is InChI=1S/C30H33ClN2O2S/c31-27-19-11-10-14-24(27)21-33(29(34)22-36-26-17-8-3-9-18-26)28(20-23-12-4-1-5-13-23)30(35)32-25-15-6-2-7-16-25/h1,3-5,8-14,17-19,25,28H,2,6-7,15-16,20-22H2,(H,32,35). The number of benzene rings is 3. The molecule has 36 heavy (non-hydrogen) atoms. The van der Waals surface area contributed by atoms with Gasteiger partial charge >= 0.3 is 0 Å². The van der Waals surface area contributed by atoms with E-state index in [0.717, 1.165) is 41.7 Å². The molecule has 3 aromatic carbocycles. The van der Waals surface area contributed by atoms with Gasteiger partial charge in [-0.05, 0) is 42.2 Å². The van der Waals surface area contributed by atoms with Gasteiger partial charge in [0.05, 0.1) is 5.75 Å². The van der Waals surface area contributed by atoms with Gasteiger partial charge in [0.25, 0.3) is 0 Å². The molecule has 3 aromatic rings. The third-order valence-electron chi connectivity index (χ3n) is 6.63. The zero-order valence-electron chi connectivity index (χ0n) is 20.4. The Bertz CT molecular complexity index is 1120. The van der Waals surface area contributed by atoms with Crippen LogP contribution < -0.4 is 5.32 Å². The summed E-state index contributed by atoms with van der Waals surface area (Å²) >= 11 is 7.99. The number of halogens is 1. The zero-order chi connectivity index (χ0) is 25.2. The lowest BCUT2D eigenvalue weighted by Gasteiger charge is -2.33. The number of rotatable bonds is 10. The molecule has 1 N–H and O–H groups in total. The summed E-state index contributed by atoms with van der Waals surface area (Å²) in [6.07, 6.45) is 5.91. The van der Waals surface area contributed by atoms with Gasteiger partial charge < -0.3 is 10.2 Å². The van der Waals surface area contributed by atoms with E-state index < -0.39 is 6.04 Å². The van der Waals surface area contributed by atoms with Crippen LogP contribution in [0, 0.1) is 0 Å². The van der Waals surface area contributed by atoms with Crippen LogP contribution in [0.25, 0.3) is 0 Å². The second kappa shape index (κ2) is 13.5. The van der Waals surface area contributed by atoms with Crippen molar-refractivity contribution < 1.29 is 9.59 Å². The summed E-state index contributed by atoms with van der Waals surface area (Å²) in [5.74, 6) is 0.0792. The molecule has 1 aliphatic rings. The number of hydrogen-bond donors (Lipinski definition) is 1. The highest BCUT2D eigenvalue weighted by molar-refractivity contribution is 8.00. The maximum absolute atomic E-state index is 13.8. The summed E-state index contributed by atoms with van der Waals surface area (Å²) < 4.78 is 0. The van der Waals surface area contributed by atoms with Crippen LogP contribution in [0.2, 0.25) is 5.02 Å². The second-order valence-corrected chi connectivity index (χ2v) is 10.7. The van der Waals surface area contributed by atoms with E-state index >= 15 is 0 Å². The molecule has 1 atom stereocenters. The van der Waals surface area contributed by atoms with Crippen LogP contribution in [0.15, 0.2) is 89.8 Å². The third kappa shape index (κ3) is 7.62. The van der Waals surface area contributed by atoms with Crippen LogP contribution in [0.1, 0.15) is 43.2 Å². The van der Waals surface area contributed by atoms with Gasteiger partial charge in [0.1, 0.15) is 6.04 Å². The highest BCUT2D eigenvalue weighted by Gasteiger charge is 2.32. The minimum Gasteiger partial charge on any atom is -0.352 e. The molecular weight excluding hydrogens is 488 g/mol. The molecule has 0 aliphatic heterocycles. The minimum atomic E-state index is -0.630. The van der Waals surface area contributed by atoms with Gasteiger partial charge in [-0.15, -0.1) is 11.8 Å². The van der Waals surface area contributed by atoms with Crippen LogP contribution in [-0.4, -0.2) is 34.6 Å². The second-order valence-electron chi connectivity index (χ2n) is 9.26. The lowest BCUT2D eigenvalue weighted by atomic mass is 9.94. The number of amides is 2. The first-order valence-corrected chi connectivity index (χ1v) is 14.0. The monoisotopic (exact) mass is 520 g/mol. The van der Waals surface area contributed by atoms with Crippen LogP contribution >= 0.6 is 23.4 Å². The fraction of sp³-hybridized carbons (Fsp3) is 0.333. The smallest absolute Gasteiger partial charge is 0.243 e. The average Bonchev–Trinajstić information content (AvgIpc) is 2.92. The topological polar surface area (TPSA) is 49.4 Å². The van der Waals surface area contributed by atoms with E-state index in [1.54, 1.807) is 4.90 Å². The maximum Gasteiger partial charge on any atom is 0.243 e. The minimum absolute atomic E-state index is 0.0801. The number of carbonyl (C=O) groups excluding carboxylic acids is 2. The number of hydrogen-bond acceptors (Lipinski definition) is 3. The quantitative estimate of drug-likeness (QED) is 0.309. The van der Waals surface area contributed by atoms with Gasteiger partial charge in [0.15, 0.2) is 0 Å². The molecule has 1 unspecified atom stereocenters. The number of carbonyl (C=O) groups is 2. The molecule has 4 rings (SSSR count). The lowest BCUT2D eigenvalue weighted by Crippen LogP contribution is -2.53. The fourth-order valence-corrected chi connectivity index (χ4v) is 5.65. The number of thioether (sulfide) groups is 1. The Morgan fingerprint density at radius 2 is 1.53 bits per heavy atom. The molecule has 0 aromatic heterocycles. The lowest BCUT2D eigenvalue weighted by molar-refractivity contribution is -0.139. The number of nitrogens with zero attached hydrogens (tertiary/aromatic N) is 1. The van der Waals surface area contributed by atoms with E-state index in [-0.39, 0.29) is 30.2 Å². The van der Waals surface area contributed by atoms with Gasteiger partial charge in [-0.2, -0.15) is 0 Å². The van der Waals surface area contributed by atoms with Crippen molar-refractivity contribution in [2.24, 2.45) is 0 Å². The fourth-order valence-electron chi connectivity index (χ4n) is 4.65. The molecule has 0 spiro atoms. The first-order valence-electron chi connectivity index (χ1n) is 12.6. The summed E-state index contributed by atoms with van der Waals surface area (Å²) in [5, 5.41) is 3.87. The Balaban J connectivity index is 1.61. The predicted octanol–water partition coefficient (Wildman–Crippen LogP) is 6.52. The van der Waals surface area contributed by atoms with Crippen molar-refractivity contribution >= 4 is 35.2 Å². The molecule has 188 valence electrons. The Morgan fingerprint density at radius 1 is 0.889 bits per heavy atom. The SMILES string of the molecule is O=C(NC1CCCCC1)C(Cc1ccccc1)N(Cc1ccccc1Cl)C(=O)CSc1ccccc1. The summed E-state index contributed by atoms with van der Waals surface area (Å²) in [7, 11) is 0. The van der Waals surface area contributed by atoms with Crippen LogP contribution in [-0.2, 0) is 22.6 Å². The van der Waals surface area contributed by atoms with E-state index in [1.165, 1.54) is 18.2 Å². The van der Waals surface area contributed by atoms with Crippen molar-refractivity contribution in [3.05, 3.63) is 101 Å². The van der Waals surface area contributed by atoms with E-state index in [1.807, 2.05) is 84.9 Å². The molecule has 1 saturated carbocycles. The first-order chi connectivity index (χ1) is 17.6.